The molecule has 2 saturated carbocycles. The molecule has 12 nitrogen and oxygen atoms in total. The van der Waals surface area contributed by atoms with Crippen molar-refractivity contribution in [3.8, 4) is 0 Å². The van der Waals surface area contributed by atoms with Crippen LogP contribution in [0.5, 0.6) is 0 Å². The smallest absolute Gasteiger partial charge is 0.315 e. The number of imidazole rings is 1. The number of aromatic nitrogens is 4. The van der Waals surface area contributed by atoms with Crippen molar-refractivity contribution in [3.05, 3.63) is 42.2 Å². The van der Waals surface area contributed by atoms with Gasteiger partial charge in [-0.3, -0.25) is 9.78 Å². The largest absolute Gasteiger partial charge is 0.379 e. The molecule has 1 saturated heterocycles. The van der Waals surface area contributed by atoms with Crippen LogP contribution in [-0.4, -0.2) is 80.7 Å². The van der Waals surface area contributed by atoms with Crippen molar-refractivity contribution in [1.29, 1.82) is 0 Å². The molecule has 6 rings (SSSR count). The second-order valence-electron chi connectivity index (χ2n) is 11.7. The highest BCUT2D eigenvalue weighted by molar-refractivity contribution is 6.03. The van der Waals surface area contributed by atoms with E-state index in [9.17, 15) is 14.0 Å². The average Bonchev–Trinajstić information content (AvgIpc) is 3.53. The third kappa shape index (κ3) is 6.72. The number of nitrogens with one attached hydrogen (secondary N) is 5. The molecule has 3 aromatic heterocycles. The highest BCUT2D eigenvalue weighted by atomic mass is 19.1. The lowest BCUT2D eigenvalue weighted by atomic mass is 9.91. The van der Waals surface area contributed by atoms with Gasteiger partial charge in [0.25, 0.3) is 5.91 Å². The van der Waals surface area contributed by atoms with Crippen LogP contribution in [0, 0.1) is 5.82 Å². The van der Waals surface area contributed by atoms with Crippen LogP contribution in [-0.2, 0) is 0 Å². The number of hydrogen-bond donors (Lipinski definition) is 5. The first-order valence-electron chi connectivity index (χ1n) is 15.0. The summed E-state index contributed by atoms with van der Waals surface area (Å²) in [5.41, 5.74) is 1.56. The van der Waals surface area contributed by atoms with Crippen LogP contribution in [0.2, 0.25) is 0 Å². The lowest BCUT2D eigenvalue weighted by Crippen LogP contribution is -2.45. The molecule has 0 radical (unpaired) electrons. The molecule has 0 spiro atoms. The van der Waals surface area contributed by atoms with Crippen molar-refractivity contribution in [3.63, 3.8) is 0 Å². The molecule has 0 bridgehead atoms. The Hall–Kier alpha value is -4.00. The van der Waals surface area contributed by atoms with Gasteiger partial charge >= 0.3 is 6.03 Å². The highest BCUT2D eigenvalue weighted by Gasteiger charge is 2.27. The van der Waals surface area contributed by atoms with Crippen LogP contribution >= 0.6 is 0 Å². The number of fused-ring (bicyclic) bond motifs is 1. The number of hydrogen-bond acceptors (Lipinski definition) is 8. The van der Waals surface area contributed by atoms with E-state index in [4.69, 9.17) is 5.10 Å². The SMILES string of the molecule is CN1CCCC1CCNC(=O)NC1CCC(Nc2cc(NC3CC3)c3ncc(C(=O)Nc4ccncc4F)n3n2)CC1. The van der Waals surface area contributed by atoms with Gasteiger partial charge in [-0.2, -0.15) is 0 Å². The van der Waals surface area contributed by atoms with E-state index in [-0.39, 0.29) is 29.5 Å². The molecule has 0 aromatic carbocycles. The molecule has 3 amide bonds. The lowest BCUT2D eigenvalue weighted by molar-refractivity contribution is 0.102. The fourth-order valence-corrected chi connectivity index (χ4v) is 5.93. The topological polar surface area (TPSA) is 141 Å². The molecule has 1 unspecified atom stereocenters. The first-order valence-corrected chi connectivity index (χ1v) is 15.0. The van der Waals surface area contributed by atoms with Crippen LogP contribution in [0.3, 0.4) is 0 Å². The van der Waals surface area contributed by atoms with Gasteiger partial charge in [0.2, 0.25) is 0 Å². The molecule has 5 N–H and O–H groups in total. The molecule has 1 aliphatic heterocycles. The molecule has 2 aliphatic carbocycles. The summed E-state index contributed by atoms with van der Waals surface area (Å²) >= 11 is 0. The van der Waals surface area contributed by atoms with E-state index in [0.29, 0.717) is 30.1 Å². The molecule has 3 aromatic rings. The lowest BCUT2D eigenvalue weighted by Gasteiger charge is -2.30. The van der Waals surface area contributed by atoms with Crippen molar-refractivity contribution in [2.24, 2.45) is 0 Å². The number of pyridine rings is 1. The average molecular weight is 579 g/mol. The summed E-state index contributed by atoms with van der Waals surface area (Å²) in [4.78, 5) is 36.1. The third-order valence-corrected chi connectivity index (χ3v) is 8.51. The van der Waals surface area contributed by atoms with E-state index in [0.717, 1.165) is 63.4 Å². The van der Waals surface area contributed by atoms with Gasteiger partial charge in [-0.1, -0.05) is 0 Å². The van der Waals surface area contributed by atoms with Gasteiger partial charge in [0, 0.05) is 43.0 Å². The zero-order valence-electron chi connectivity index (χ0n) is 23.9. The molecule has 1 atom stereocenters. The van der Waals surface area contributed by atoms with Gasteiger partial charge < -0.3 is 31.5 Å². The minimum absolute atomic E-state index is 0.0380. The number of urea groups is 1. The quantitative estimate of drug-likeness (QED) is 0.246. The number of amides is 3. The Morgan fingerprint density at radius 2 is 1.76 bits per heavy atom. The van der Waals surface area contributed by atoms with Crippen molar-refractivity contribution in [2.45, 2.75) is 82.0 Å². The zero-order chi connectivity index (χ0) is 29.1. The van der Waals surface area contributed by atoms with Gasteiger partial charge in [0.15, 0.2) is 17.2 Å². The summed E-state index contributed by atoms with van der Waals surface area (Å²) in [5, 5.41) is 20.5. The second-order valence-corrected chi connectivity index (χ2v) is 11.7. The predicted molar refractivity (Wildman–Crippen MR) is 158 cm³/mol. The Bertz CT molecular complexity index is 1420. The number of nitrogens with zero attached hydrogens (tertiary/aromatic N) is 5. The van der Waals surface area contributed by atoms with Crippen LogP contribution in [0.15, 0.2) is 30.7 Å². The molecule has 4 heterocycles. The maximum Gasteiger partial charge on any atom is 0.315 e. The van der Waals surface area contributed by atoms with Crippen LogP contribution in [0.25, 0.3) is 5.65 Å². The fourth-order valence-electron chi connectivity index (χ4n) is 5.93. The van der Waals surface area contributed by atoms with Gasteiger partial charge in [-0.05, 0) is 77.4 Å². The van der Waals surface area contributed by atoms with E-state index >= 15 is 0 Å². The van der Waals surface area contributed by atoms with E-state index in [1.165, 1.54) is 35.8 Å². The van der Waals surface area contributed by atoms with E-state index in [2.05, 4.69) is 48.5 Å². The minimum atomic E-state index is -0.620. The highest BCUT2D eigenvalue weighted by Crippen LogP contribution is 2.30. The van der Waals surface area contributed by atoms with Gasteiger partial charge in [0.05, 0.1) is 23.8 Å². The summed E-state index contributed by atoms with van der Waals surface area (Å²) in [6.45, 7) is 1.83. The summed E-state index contributed by atoms with van der Waals surface area (Å²) in [6, 6.07) is 4.50. The zero-order valence-corrected chi connectivity index (χ0v) is 23.9. The van der Waals surface area contributed by atoms with Gasteiger partial charge in [0.1, 0.15) is 5.82 Å². The summed E-state index contributed by atoms with van der Waals surface area (Å²) in [5.74, 6) is -0.515. The van der Waals surface area contributed by atoms with Crippen molar-refractivity contribution < 1.29 is 14.0 Å². The van der Waals surface area contributed by atoms with Crippen molar-refractivity contribution in [2.75, 3.05) is 36.1 Å². The van der Waals surface area contributed by atoms with Crippen LogP contribution in [0.4, 0.5) is 26.4 Å². The molecule has 42 heavy (non-hydrogen) atoms. The Kier molecular flexibility index (Phi) is 8.36. The molecule has 3 aliphatic rings. The molecular formula is C29H39FN10O2. The summed E-state index contributed by atoms with van der Waals surface area (Å²) in [6.07, 6.45) is 13.0. The molecule has 224 valence electrons. The Balaban J connectivity index is 1.06. The molecule has 13 heteroatoms. The number of likely N-dealkylation sites (tertiary alicyclic amines) is 1. The number of carbonyl (C=O) groups excluding carboxylic acids is 2. The maximum atomic E-state index is 14.1. The van der Waals surface area contributed by atoms with E-state index < -0.39 is 11.7 Å². The Morgan fingerprint density at radius 3 is 2.50 bits per heavy atom. The monoisotopic (exact) mass is 578 g/mol. The number of anilines is 3. The summed E-state index contributed by atoms with van der Waals surface area (Å²) in [7, 11) is 2.15. The normalized spacial score (nSPS) is 22.6. The van der Waals surface area contributed by atoms with E-state index in [1.54, 1.807) is 0 Å². The van der Waals surface area contributed by atoms with Gasteiger partial charge in [-0.25, -0.2) is 18.7 Å². The minimum Gasteiger partial charge on any atom is -0.379 e. The summed E-state index contributed by atoms with van der Waals surface area (Å²) < 4.78 is 15.6. The Labute approximate surface area is 244 Å². The van der Waals surface area contributed by atoms with E-state index in [1.807, 2.05) is 6.07 Å². The standard InChI is InChI=1S/C29H39FN10O2/c1-39-14-2-3-21(39)10-13-32-29(42)36-20-8-6-19(7-9-20)35-26-15-24(34-18-4-5-18)27-33-17-25(40(27)38-26)28(41)37-23-11-12-31-16-22(23)30/h11-12,15-21,34H,2-10,13-14H2,1H3,(H,35,38)(H,31,37,41)(H2,32,36,42). The predicted octanol–water partition coefficient (Wildman–Crippen LogP) is 3.60. The second kappa shape index (κ2) is 12.5. The molecular weight excluding hydrogens is 539 g/mol. The van der Waals surface area contributed by atoms with Crippen molar-refractivity contribution >= 4 is 34.8 Å². The number of halogens is 1. The third-order valence-electron chi connectivity index (χ3n) is 8.51. The van der Waals surface area contributed by atoms with Crippen LogP contribution < -0.4 is 26.6 Å². The maximum absolute atomic E-state index is 14.1. The van der Waals surface area contributed by atoms with Gasteiger partial charge in [-0.15, -0.1) is 5.10 Å². The van der Waals surface area contributed by atoms with Crippen molar-refractivity contribution in [1.82, 2.24) is 35.1 Å². The first kappa shape index (κ1) is 28.1. The molecule has 3 fully saturated rings. The number of rotatable bonds is 10. The number of carbonyl (C=O) groups is 2. The first-order chi connectivity index (χ1) is 20.4. The fraction of sp³-hybridized carbons (Fsp3) is 0.552. The Morgan fingerprint density at radius 1 is 1.00 bits per heavy atom. The van der Waals surface area contributed by atoms with Crippen LogP contribution in [0.1, 0.15) is 68.3 Å².